The maximum atomic E-state index is 11.7. The first-order valence-corrected chi connectivity index (χ1v) is 11.2. The van der Waals surface area contributed by atoms with Crippen molar-refractivity contribution < 1.29 is 19.3 Å². The second kappa shape index (κ2) is 8.37. The molecule has 1 N–H and O–H groups in total. The van der Waals surface area contributed by atoms with Crippen molar-refractivity contribution in [2.24, 2.45) is 11.8 Å². The molecular weight excluding hydrogens is 398 g/mol. The van der Waals surface area contributed by atoms with Gasteiger partial charge in [-0.05, 0) is 44.1 Å². The van der Waals surface area contributed by atoms with E-state index >= 15 is 0 Å². The number of nitrogens with zero attached hydrogens (tertiary/aromatic N) is 5. The molecule has 0 spiro atoms. The third-order valence-electron chi connectivity index (χ3n) is 7.17. The van der Waals surface area contributed by atoms with E-state index in [1.54, 1.807) is 13.3 Å². The van der Waals surface area contributed by atoms with E-state index in [9.17, 15) is 5.11 Å². The van der Waals surface area contributed by atoms with Crippen LogP contribution in [0.2, 0.25) is 0 Å². The van der Waals surface area contributed by atoms with Gasteiger partial charge >= 0.3 is 6.01 Å². The summed E-state index contributed by atoms with van der Waals surface area (Å²) in [5.74, 6) is 0.931. The first-order valence-electron chi connectivity index (χ1n) is 11.2. The van der Waals surface area contributed by atoms with Crippen molar-refractivity contribution in [3.63, 3.8) is 0 Å². The van der Waals surface area contributed by atoms with Crippen molar-refractivity contribution in [2.45, 2.75) is 50.5 Å². The van der Waals surface area contributed by atoms with Crippen molar-refractivity contribution >= 4 is 0 Å². The van der Waals surface area contributed by atoms with E-state index in [-0.39, 0.29) is 18.2 Å². The minimum absolute atomic E-state index is 0.0403. The molecule has 1 saturated carbocycles. The molecule has 5 rings (SSSR count). The number of fused-ring (bicyclic) bond motifs is 1. The molecule has 1 aliphatic carbocycles. The molecule has 2 saturated heterocycles. The standard InChI is InChI=1S/C22H31N5O4/c1-29-20-17(11-23-21(25-20)30-2)22(28)8-6-15-12-26(14-18(15)22)13-16-7-9-24-27(16)19-5-3-4-10-31-19/h7,9,11,15,18-19,28H,3-6,8,10,12-14H2,1-2H3/t15-,18+,19+,22+/m0/s1. The molecule has 168 valence electrons. The molecule has 31 heavy (non-hydrogen) atoms. The van der Waals surface area contributed by atoms with Gasteiger partial charge in [0.25, 0.3) is 0 Å². The Morgan fingerprint density at radius 3 is 2.90 bits per heavy atom. The second-order valence-electron chi connectivity index (χ2n) is 8.89. The monoisotopic (exact) mass is 429 g/mol. The van der Waals surface area contributed by atoms with Crippen LogP contribution in [-0.4, -0.2) is 63.7 Å². The molecule has 9 heteroatoms. The fourth-order valence-electron chi connectivity index (χ4n) is 5.62. The Bertz CT molecular complexity index is 915. The zero-order valence-corrected chi connectivity index (χ0v) is 18.2. The van der Waals surface area contributed by atoms with Gasteiger partial charge in [-0.15, -0.1) is 0 Å². The zero-order chi connectivity index (χ0) is 21.4. The molecule has 2 aliphatic heterocycles. The summed E-state index contributed by atoms with van der Waals surface area (Å²) in [5.41, 5.74) is 0.829. The Labute approximate surface area is 182 Å². The lowest BCUT2D eigenvalue weighted by Gasteiger charge is -2.31. The van der Waals surface area contributed by atoms with Gasteiger partial charge in [-0.3, -0.25) is 4.90 Å². The fraction of sp³-hybridized carbons (Fsp3) is 0.682. The Morgan fingerprint density at radius 1 is 1.23 bits per heavy atom. The number of rotatable bonds is 6. The van der Waals surface area contributed by atoms with Crippen LogP contribution in [0.3, 0.4) is 0 Å². The Morgan fingerprint density at radius 2 is 2.13 bits per heavy atom. The average Bonchev–Trinajstić information content (AvgIpc) is 3.51. The summed E-state index contributed by atoms with van der Waals surface area (Å²) in [5, 5.41) is 16.3. The lowest BCUT2D eigenvalue weighted by Crippen LogP contribution is -2.35. The highest BCUT2D eigenvalue weighted by molar-refractivity contribution is 5.34. The van der Waals surface area contributed by atoms with Crippen LogP contribution in [0.25, 0.3) is 0 Å². The number of aliphatic hydroxyl groups is 1. The Hall–Kier alpha value is -2.23. The topological polar surface area (TPSA) is 94.8 Å². The molecule has 4 atom stereocenters. The van der Waals surface area contributed by atoms with Crippen LogP contribution >= 0.6 is 0 Å². The van der Waals surface area contributed by atoms with Crippen molar-refractivity contribution in [1.29, 1.82) is 0 Å². The van der Waals surface area contributed by atoms with Gasteiger partial charge in [0.2, 0.25) is 5.88 Å². The van der Waals surface area contributed by atoms with E-state index in [2.05, 4.69) is 26.0 Å². The van der Waals surface area contributed by atoms with Crippen molar-refractivity contribution in [3.8, 4) is 11.9 Å². The number of aromatic nitrogens is 4. The van der Waals surface area contributed by atoms with Gasteiger partial charge in [-0.1, -0.05) is 0 Å². The Balaban J connectivity index is 1.33. The van der Waals surface area contributed by atoms with E-state index in [0.29, 0.717) is 23.8 Å². The van der Waals surface area contributed by atoms with Gasteiger partial charge in [0.15, 0.2) is 6.23 Å². The summed E-state index contributed by atoms with van der Waals surface area (Å²) in [6.07, 6.45) is 8.53. The van der Waals surface area contributed by atoms with E-state index < -0.39 is 5.60 Å². The van der Waals surface area contributed by atoms with Crippen LogP contribution in [0, 0.1) is 11.8 Å². The number of likely N-dealkylation sites (tertiary alicyclic amines) is 1. The summed E-state index contributed by atoms with van der Waals surface area (Å²) >= 11 is 0. The largest absolute Gasteiger partial charge is 0.481 e. The zero-order valence-electron chi connectivity index (χ0n) is 18.2. The highest BCUT2D eigenvalue weighted by Crippen LogP contribution is 2.52. The summed E-state index contributed by atoms with van der Waals surface area (Å²) in [6, 6.07) is 2.32. The SMILES string of the molecule is COc1ncc([C@]2(O)CC[C@H]3CN(Cc4ccnn4[C@H]4CCCCO4)C[C@H]32)c(OC)n1. The number of hydrogen-bond acceptors (Lipinski definition) is 8. The van der Waals surface area contributed by atoms with Gasteiger partial charge < -0.3 is 19.3 Å². The number of methoxy groups -OCH3 is 2. The molecule has 0 radical (unpaired) electrons. The van der Waals surface area contributed by atoms with Gasteiger partial charge in [-0.2, -0.15) is 10.1 Å². The third kappa shape index (κ3) is 3.68. The first-order chi connectivity index (χ1) is 15.1. The average molecular weight is 430 g/mol. The molecule has 2 aromatic heterocycles. The molecular formula is C22H31N5O4. The fourth-order valence-corrected chi connectivity index (χ4v) is 5.62. The molecule has 2 aromatic rings. The lowest BCUT2D eigenvalue weighted by atomic mass is 9.83. The maximum Gasteiger partial charge on any atom is 0.319 e. The normalized spacial score (nSPS) is 31.0. The molecule has 3 aliphatic rings. The Kier molecular flexibility index (Phi) is 5.58. The van der Waals surface area contributed by atoms with Crippen LogP contribution in [0.15, 0.2) is 18.5 Å². The number of ether oxygens (including phenoxy) is 3. The van der Waals surface area contributed by atoms with Crippen LogP contribution < -0.4 is 9.47 Å². The van der Waals surface area contributed by atoms with E-state index in [1.807, 2.05) is 10.9 Å². The molecule has 4 heterocycles. The molecule has 0 bridgehead atoms. The summed E-state index contributed by atoms with van der Waals surface area (Å²) < 4.78 is 18.6. The van der Waals surface area contributed by atoms with Crippen molar-refractivity contribution in [2.75, 3.05) is 33.9 Å². The summed E-state index contributed by atoms with van der Waals surface area (Å²) in [7, 11) is 3.09. The maximum absolute atomic E-state index is 11.7. The number of hydrogen-bond donors (Lipinski definition) is 1. The quantitative estimate of drug-likeness (QED) is 0.746. The first kappa shape index (κ1) is 20.7. The van der Waals surface area contributed by atoms with Crippen molar-refractivity contribution in [3.05, 3.63) is 29.7 Å². The summed E-state index contributed by atoms with van der Waals surface area (Å²) in [6.45, 7) is 3.38. The lowest BCUT2D eigenvalue weighted by molar-refractivity contribution is -0.0422. The van der Waals surface area contributed by atoms with Crippen LogP contribution in [-0.2, 0) is 16.9 Å². The van der Waals surface area contributed by atoms with Gasteiger partial charge in [0.1, 0.15) is 5.60 Å². The molecule has 9 nitrogen and oxygen atoms in total. The molecule has 0 amide bonds. The predicted octanol–water partition coefficient (Wildman–Crippen LogP) is 2.12. The highest BCUT2D eigenvalue weighted by Gasteiger charge is 2.54. The van der Waals surface area contributed by atoms with E-state index in [4.69, 9.17) is 14.2 Å². The van der Waals surface area contributed by atoms with Gasteiger partial charge in [0, 0.05) is 44.6 Å². The minimum atomic E-state index is -0.996. The molecule has 0 unspecified atom stereocenters. The van der Waals surface area contributed by atoms with E-state index in [0.717, 1.165) is 45.5 Å². The minimum Gasteiger partial charge on any atom is -0.481 e. The second-order valence-corrected chi connectivity index (χ2v) is 8.89. The van der Waals surface area contributed by atoms with Crippen LogP contribution in [0.4, 0.5) is 0 Å². The van der Waals surface area contributed by atoms with Crippen molar-refractivity contribution in [1.82, 2.24) is 24.6 Å². The van der Waals surface area contributed by atoms with Crippen LogP contribution in [0.1, 0.15) is 49.6 Å². The third-order valence-corrected chi connectivity index (χ3v) is 7.17. The van der Waals surface area contributed by atoms with Crippen LogP contribution in [0.5, 0.6) is 11.9 Å². The van der Waals surface area contributed by atoms with Gasteiger partial charge in [0.05, 0.1) is 25.5 Å². The predicted molar refractivity (Wildman–Crippen MR) is 112 cm³/mol. The smallest absolute Gasteiger partial charge is 0.319 e. The summed E-state index contributed by atoms with van der Waals surface area (Å²) in [4.78, 5) is 11.0. The highest BCUT2D eigenvalue weighted by atomic mass is 16.5. The van der Waals surface area contributed by atoms with E-state index in [1.165, 1.54) is 19.2 Å². The molecule has 3 fully saturated rings. The molecule has 0 aromatic carbocycles. The van der Waals surface area contributed by atoms with Gasteiger partial charge in [-0.25, -0.2) is 9.67 Å².